The fraction of sp³-hybridized carbons (Fsp3) is 0.250. The second-order valence-electron chi connectivity index (χ2n) is 5.22. The van der Waals surface area contributed by atoms with Crippen molar-refractivity contribution in [2.75, 3.05) is 12.8 Å². The summed E-state index contributed by atoms with van der Waals surface area (Å²) in [6, 6.07) is 8.01. The van der Waals surface area contributed by atoms with Gasteiger partial charge in [-0.15, -0.1) is 0 Å². The number of nitrogen functional groups attached to an aromatic ring is 1. The van der Waals surface area contributed by atoms with Gasteiger partial charge in [0.2, 0.25) is 0 Å². The van der Waals surface area contributed by atoms with Gasteiger partial charge in [0.1, 0.15) is 17.1 Å². The van der Waals surface area contributed by atoms with E-state index in [1.54, 1.807) is 19.5 Å². The lowest BCUT2D eigenvalue weighted by Gasteiger charge is -2.14. The highest BCUT2D eigenvalue weighted by molar-refractivity contribution is 5.81. The summed E-state index contributed by atoms with van der Waals surface area (Å²) in [7, 11) is 1.61. The van der Waals surface area contributed by atoms with Crippen molar-refractivity contribution in [2.24, 2.45) is 0 Å². The molecule has 0 aliphatic rings. The van der Waals surface area contributed by atoms with Gasteiger partial charge in [-0.05, 0) is 38.1 Å². The Morgan fingerprint density at radius 2 is 2.05 bits per heavy atom. The van der Waals surface area contributed by atoms with Gasteiger partial charge in [0, 0.05) is 17.8 Å². The minimum absolute atomic E-state index is 0.288. The number of rotatable bonds is 3. The Balaban J connectivity index is 2.24. The maximum atomic E-state index is 6.02. The molecule has 2 heterocycles. The highest BCUT2D eigenvalue weighted by Crippen LogP contribution is 2.31. The molecule has 2 aromatic heterocycles. The molecule has 3 aromatic rings. The number of aromatic nitrogens is 3. The van der Waals surface area contributed by atoms with Crippen LogP contribution in [-0.4, -0.2) is 21.6 Å². The molecule has 0 fully saturated rings. The molecule has 0 atom stereocenters. The van der Waals surface area contributed by atoms with E-state index in [2.05, 4.69) is 23.4 Å². The van der Waals surface area contributed by atoms with Crippen LogP contribution in [0.5, 0.6) is 5.75 Å². The zero-order valence-corrected chi connectivity index (χ0v) is 12.4. The van der Waals surface area contributed by atoms with Crippen LogP contribution in [0.15, 0.2) is 36.7 Å². The third-order valence-electron chi connectivity index (χ3n) is 3.50. The van der Waals surface area contributed by atoms with Crippen LogP contribution in [0.3, 0.4) is 0 Å². The smallest absolute Gasteiger partial charge is 0.141 e. The lowest BCUT2D eigenvalue weighted by Crippen LogP contribution is -2.03. The molecular formula is C16H18N4O. The van der Waals surface area contributed by atoms with Gasteiger partial charge in [0.25, 0.3) is 0 Å². The number of fused-ring (bicyclic) bond motifs is 1. The lowest BCUT2D eigenvalue weighted by molar-refractivity contribution is 0.417. The van der Waals surface area contributed by atoms with Crippen LogP contribution in [0.25, 0.3) is 22.4 Å². The lowest BCUT2D eigenvalue weighted by atomic mass is 10.1. The molecule has 5 heteroatoms. The topological polar surface area (TPSA) is 66.0 Å². The van der Waals surface area contributed by atoms with E-state index in [9.17, 15) is 0 Å². The maximum absolute atomic E-state index is 6.02. The van der Waals surface area contributed by atoms with Gasteiger partial charge < -0.3 is 15.0 Å². The molecule has 2 N–H and O–H groups in total. The summed E-state index contributed by atoms with van der Waals surface area (Å²) in [5.74, 6) is 1.56. The standard InChI is InChI=1S/C16H18N4O/c1-10(2)20-14-6-7-18-9-13(14)19-16(20)11-4-5-15(21-3)12(17)8-11/h4-10H,17H2,1-3H3. The van der Waals surface area contributed by atoms with Crippen LogP contribution in [0.1, 0.15) is 19.9 Å². The van der Waals surface area contributed by atoms with Crippen molar-refractivity contribution in [3.63, 3.8) is 0 Å². The Labute approximate surface area is 123 Å². The number of ether oxygens (including phenoxy) is 1. The summed E-state index contributed by atoms with van der Waals surface area (Å²) in [6.07, 6.45) is 3.57. The van der Waals surface area contributed by atoms with E-state index < -0.39 is 0 Å². The number of benzene rings is 1. The van der Waals surface area contributed by atoms with E-state index in [4.69, 9.17) is 15.5 Å². The molecule has 0 unspecified atom stereocenters. The van der Waals surface area contributed by atoms with Gasteiger partial charge in [-0.3, -0.25) is 4.98 Å². The van der Waals surface area contributed by atoms with Gasteiger partial charge in [-0.25, -0.2) is 4.98 Å². The van der Waals surface area contributed by atoms with E-state index in [-0.39, 0.29) is 6.04 Å². The predicted octanol–water partition coefficient (Wildman–Crippen LogP) is 3.27. The molecule has 0 radical (unpaired) electrons. The number of hydrogen-bond acceptors (Lipinski definition) is 4. The number of pyridine rings is 1. The van der Waals surface area contributed by atoms with Crippen LogP contribution < -0.4 is 10.5 Å². The first-order valence-electron chi connectivity index (χ1n) is 6.87. The molecule has 3 rings (SSSR count). The van der Waals surface area contributed by atoms with Gasteiger partial charge in [0.05, 0.1) is 24.5 Å². The molecule has 1 aromatic carbocycles. The first-order valence-corrected chi connectivity index (χ1v) is 6.87. The molecule has 0 amide bonds. The second kappa shape index (κ2) is 5.09. The van der Waals surface area contributed by atoms with Crippen molar-refractivity contribution < 1.29 is 4.74 Å². The van der Waals surface area contributed by atoms with E-state index in [0.29, 0.717) is 11.4 Å². The second-order valence-corrected chi connectivity index (χ2v) is 5.22. The van der Waals surface area contributed by atoms with Crippen molar-refractivity contribution >= 4 is 16.7 Å². The predicted molar refractivity (Wildman–Crippen MR) is 84.3 cm³/mol. The average molecular weight is 282 g/mol. The van der Waals surface area contributed by atoms with Gasteiger partial charge in [-0.1, -0.05) is 0 Å². The Hall–Kier alpha value is -2.56. The summed E-state index contributed by atoms with van der Waals surface area (Å²) < 4.78 is 7.40. The largest absolute Gasteiger partial charge is 0.495 e. The van der Waals surface area contributed by atoms with Gasteiger partial charge >= 0.3 is 0 Å². The number of anilines is 1. The molecule has 0 aliphatic carbocycles. The molecule has 0 saturated heterocycles. The van der Waals surface area contributed by atoms with E-state index >= 15 is 0 Å². The molecule has 0 saturated carbocycles. The molecular weight excluding hydrogens is 264 g/mol. The maximum Gasteiger partial charge on any atom is 0.141 e. The number of imidazole rings is 1. The fourth-order valence-corrected chi connectivity index (χ4v) is 2.55. The fourth-order valence-electron chi connectivity index (χ4n) is 2.55. The van der Waals surface area contributed by atoms with E-state index in [1.807, 2.05) is 24.3 Å². The molecule has 108 valence electrons. The highest BCUT2D eigenvalue weighted by atomic mass is 16.5. The van der Waals surface area contributed by atoms with E-state index in [0.717, 1.165) is 22.4 Å². The summed E-state index contributed by atoms with van der Waals surface area (Å²) in [6.45, 7) is 4.27. The number of nitrogens with two attached hydrogens (primary N) is 1. The zero-order chi connectivity index (χ0) is 15.0. The summed E-state index contributed by atoms with van der Waals surface area (Å²) in [4.78, 5) is 8.85. The first kappa shape index (κ1) is 13.4. The molecule has 5 nitrogen and oxygen atoms in total. The molecule has 0 spiro atoms. The Bertz CT molecular complexity index is 792. The third-order valence-corrected chi connectivity index (χ3v) is 3.50. The van der Waals surface area contributed by atoms with Crippen LogP contribution in [0.4, 0.5) is 5.69 Å². The van der Waals surface area contributed by atoms with Crippen molar-refractivity contribution in [1.29, 1.82) is 0 Å². The Morgan fingerprint density at radius 3 is 2.71 bits per heavy atom. The monoisotopic (exact) mass is 282 g/mol. The quantitative estimate of drug-likeness (QED) is 0.749. The van der Waals surface area contributed by atoms with Crippen molar-refractivity contribution in [2.45, 2.75) is 19.9 Å². The highest BCUT2D eigenvalue weighted by Gasteiger charge is 2.15. The minimum atomic E-state index is 0.288. The van der Waals surface area contributed by atoms with Crippen LogP contribution in [0, 0.1) is 0 Å². The van der Waals surface area contributed by atoms with Crippen molar-refractivity contribution in [3.05, 3.63) is 36.7 Å². The van der Waals surface area contributed by atoms with Gasteiger partial charge in [-0.2, -0.15) is 0 Å². The van der Waals surface area contributed by atoms with Crippen LogP contribution >= 0.6 is 0 Å². The molecule has 21 heavy (non-hydrogen) atoms. The number of hydrogen-bond donors (Lipinski definition) is 1. The zero-order valence-electron chi connectivity index (χ0n) is 12.4. The number of methoxy groups -OCH3 is 1. The minimum Gasteiger partial charge on any atom is -0.495 e. The molecule has 0 aliphatic heterocycles. The normalized spacial score (nSPS) is 11.2. The SMILES string of the molecule is COc1ccc(-c2nc3cnccc3n2C(C)C)cc1N. The third kappa shape index (κ3) is 2.20. The number of nitrogens with zero attached hydrogens (tertiary/aromatic N) is 3. The average Bonchev–Trinajstić information content (AvgIpc) is 2.86. The first-order chi connectivity index (χ1) is 10.1. The van der Waals surface area contributed by atoms with Crippen LogP contribution in [-0.2, 0) is 0 Å². The molecule has 0 bridgehead atoms. The van der Waals surface area contributed by atoms with Crippen molar-refractivity contribution in [1.82, 2.24) is 14.5 Å². The summed E-state index contributed by atoms with van der Waals surface area (Å²) >= 11 is 0. The summed E-state index contributed by atoms with van der Waals surface area (Å²) in [5, 5.41) is 0. The van der Waals surface area contributed by atoms with E-state index in [1.165, 1.54) is 0 Å². The summed E-state index contributed by atoms with van der Waals surface area (Å²) in [5.41, 5.74) is 9.55. The Kier molecular flexibility index (Phi) is 3.25. The van der Waals surface area contributed by atoms with Crippen LogP contribution in [0.2, 0.25) is 0 Å². The van der Waals surface area contributed by atoms with Gasteiger partial charge in [0.15, 0.2) is 0 Å². The van der Waals surface area contributed by atoms with Crippen molar-refractivity contribution in [3.8, 4) is 17.1 Å². The Morgan fingerprint density at radius 1 is 1.24 bits per heavy atom.